The molecule has 0 aromatic carbocycles. The largest absolute Gasteiger partial charge is 0.466 e. The number of rotatable bonds is 17. The Hall–Kier alpha value is -1.01. The highest BCUT2D eigenvalue weighted by molar-refractivity contribution is 9.09. The zero-order chi connectivity index (χ0) is 21.4. The minimum Gasteiger partial charge on any atom is -0.466 e. The van der Waals surface area contributed by atoms with Crippen LogP contribution in [0.15, 0.2) is 0 Å². The fraction of sp³-hybridized carbons (Fsp3) is 0.792. The summed E-state index contributed by atoms with van der Waals surface area (Å²) in [6, 6.07) is 0. The number of carbonyl (C=O) groups is 1. The van der Waals surface area contributed by atoms with Crippen LogP contribution in [0.1, 0.15) is 90.9 Å². The van der Waals surface area contributed by atoms with Gasteiger partial charge < -0.3 is 14.2 Å². The molecule has 0 amide bonds. The maximum Gasteiger partial charge on any atom is 0.305 e. The molecular formula is C24H39BrO4. The van der Waals surface area contributed by atoms with Crippen LogP contribution in [0.2, 0.25) is 0 Å². The van der Waals surface area contributed by atoms with E-state index in [4.69, 9.17) is 14.2 Å². The topological polar surface area (TPSA) is 44.8 Å². The summed E-state index contributed by atoms with van der Waals surface area (Å²) in [6.45, 7) is 5.47. The third-order valence-corrected chi connectivity index (χ3v) is 4.61. The predicted molar refractivity (Wildman–Crippen MR) is 123 cm³/mol. The molecule has 5 heteroatoms. The second-order valence-corrected chi connectivity index (χ2v) is 7.62. The molecule has 0 saturated carbocycles. The van der Waals surface area contributed by atoms with Crippen LogP contribution >= 0.6 is 15.9 Å². The fourth-order valence-corrected chi connectivity index (χ4v) is 2.80. The van der Waals surface area contributed by atoms with Gasteiger partial charge in [-0.1, -0.05) is 54.5 Å². The third-order valence-electron chi connectivity index (χ3n) is 4.04. The molecule has 0 aromatic heterocycles. The van der Waals surface area contributed by atoms with E-state index >= 15 is 0 Å². The maximum atomic E-state index is 11.8. The van der Waals surface area contributed by atoms with Crippen molar-refractivity contribution in [2.24, 2.45) is 0 Å². The Morgan fingerprint density at radius 3 is 2.03 bits per heavy atom. The summed E-state index contributed by atoms with van der Waals surface area (Å²) in [5.41, 5.74) is 0. The number of esters is 1. The molecule has 0 aliphatic carbocycles. The smallest absolute Gasteiger partial charge is 0.305 e. The highest BCUT2D eigenvalue weighted by Gasteiger charge is 2.10. The second-order valence-electron chi connectivity index (χ2n) is 6.83. The van der Waals surface area contributed by atoms with Crippen molar-refractivity contribution in [3.05, 3.63) is 0 Å². The molecule has 166 valence electrons. The molecule has 29 heavy (non-hydrogen) atoms. The fourth-order valence-electron chi connectivity index (χ4n) is 2.40. The van der Waals surface area contributed by atoms with Gasteiger partial charge in [-0.05, 0) is 44.9 Å². The Kier molecular flexibility index (Phi) is 22.5. The van der Waals surface area contributed by atoms with Gasteiger partial charge in [0.2, 0.25) is 0 Å². The van der Waals surface area contributed by atoms with E-state index in [9.17, 15) is 4.79 Å². The van der Waals surface area contributed by atoms with Crippen LogP contribution in [0.5, 0.6) is 0 Å². The van der Waals surface area contributed by atoms with Gasteiger partial charge in [-0.3, -0.25) is 4.79 Å². The van der Waals surface area contributed by atoms with Gasteiger partial charge in [0.05, 0.1) is 6.61 Å². The Morgan fingerprint density at radius 2 is 1.45 bits per heavy atom. The normalized spacial score (nSPS) is 10.2. The summed E-state index contributed by atoms with van der Waals surface area (Å²) in [7, 11) is 0. The number of carbonyl (C=O) groups excluding carboxylic acids is 1. The molecule has 0 N–H and O–H groups in total. The number of unbranched alkanes of at least 4 members (excludes halogenated alkanes) is 6. The van der Waals surface area contributed by atoms with Crippen LogP contribution in [0.3, 0.4) is 0 Å². The first kappa shape index (κ1) is 28.0. The van der Waals surface area contributed by atoms with Crippen LogP contribution in [0, 0.1) is 23.7 Å². The molecule has 0 aliphatic heterocycles. The van der Waals surface area contributed by atoms with Crippen molar-refractivity contribution in [1.82, 2.24) is 0 Å². The molecule has 0 fully saturated rings. The molecule has 0 saturated heterocycles. The number of hydrogen-bond acceptors (Lipinski definition) is 4. The third kappa shape index (κ3) is 21.5. The second kappa shape index (κ2) is 23.3. The zero-order valence-electron chi connectivity index (χ0n) is 18.4. The number of alkyl halides is 1. The first-order valence-electron chi connectivity index (χ1n) is 11.1. The SMILES string of the molecule is CCCC#CCOC(CCCCC(=O)OCCCCCCBr)OCC#CCCC. The quantitative estimate of drug-likeness (QED) is 0.0857. The lowest BCUT2D eigenvalue weighted by Gasteiger charge is -2.15. The van der Waals surface area contributed by atoms with Crippen LogP contribution < -0.4 is 0 Å². The van der Waals surface area contributed by atoms with E-state index in [1.54, 1.807) is 0 Å². The van der Waals surface area contributed by atoms with E-state index in [0.717, 1.165) is 63.1 Å². The average molecular weight is 471 g/mol. The Balaban J connectivity index is 3.99. The summed E-state index contributed by atoms with van der Waals surface area (Å²) < 4.78 is 16.7. The van der Waals surface area contributed by atoms with Crippen LogP contribution in [0.25, 0.3) is 0 Å². The monoisotopic (exact) mass is 470 g/mol. The lowest BCUT2D eigenvalue weighted by atomic mass is 10.2. The average Bonchev–Trinajstić information content (AvgIpc) is 2.72. The van der Waals surface area contributed by atoms with Crippen LogP contribution in [-0.2, 0) is 19.0 Å². The summed E-state index contributed by atoms with van der Waals surface area (Å²) in [4.78, 5) is 11.8. The van der Waals surface area contributed by atoms with E-state index in [1.807, 2.05) is 0 Å². The number of halogens is 1. The van der Waals surface area contributed by atoms with Crippen molar-refractivity contribution in [1.29, 1.82) is 0 Å². The molecule has 0 aliphatic rings. The van der Waals surface area contributed by atoms with E-state index < -0.39 is 0 Å². The van der Waals surface area contributed by atoms with Gasteiger partial charge in [0.15, 0.2) is 6.29 Å². The predicted octanol–water partition coefficient (Wildman–Crippen LogP) is 6.01. The minimum absolute atomic E-state index is 0.111. The van der Waals surface area contributed by atoms with Gasteiger partial charge in [-0.2, -0.15) is 0 Å². The van der Waals surface area contributed by atoms with Crippen molar-refractivity contribution in [3.8, 4) is 23.7 Å². The molecule has 0 bridgehead atoms. The minimum atomic E-state index is -0.327. The summed E-state index contributed by atoms with van der Waals surface area (Å²) in [5.74, 6) is 12.1. The van der Waals surface area contributed by atoms with Crippen LogP contribution in [0.4, 0.5) is 0 Å². The van der Waals surface area contributed by atoms with E-state index in [2.05, 4.69) is 53.5 Å². The highest BCUT2D eigenvalue weighted by atomic mass is 79.9. The van der Waals surface area contributed by atoms with E-state index in [0.29, 0.717) is 26.2 Å². The standard InChI is InChI=1S/C24H39BrO4/c1-3-5-7-14-21-28-24(29-22-15-8-6-4-2)18-12-11-17-23(26)27-20-16-10-9-13-19-25/h24H,3-6,9-13,16-22H2,1-2H3. The molecule has 0 unspecified atom stereocenters. The van der Waals surface area contributed by atoms with Gasteiger partial charge in [-0.25, -0.2) is 0 Å². The van der Waals surface area contributed by atoms with Gasteiger partial charge in [0.1, 0.15) is 13.2 Å². The van der Waals surface area contributed by atoms with Crippen molar-refractivity contribution >= 4 is 21.9 Å². The van der Waals surface area contributed by atoms with Gasteiger partial charge in [-0.15, -0.1) is 11.8 Å². The molecule has 4 nitrogen and oxygen atoms in total. The molecule has 0 aromatic rings. The Labute approximate surface area is 187 Å². The molecular weight excluding hydrogens is 432 g/mol. The maximum absolute atomic E-state index is 11.8. The van der Waals surface area contributed by atoms with Crippen molar-refractivity contribution < 1.29 is 19.0 Å². The van der Waals surface area contributed by atoms with Gasteiger partial charge >= 0.3 is 5.97 Å². The number of ether oxygens (including phenoxy) is 3. The van der Waals surface area contributed by atoms with Gasteiger partial charge in [0.25, 0.3) is 0 Å². The molecule has 0 spiro atoms. The first-order valence-corrected chi connectivity index (χ1v) is 12.2. The first-order chi connectivity index (χ1) is 14.2. The Bertz CT molecular complexity index is 470. The number of hydrogen-bond donors (Lipinski definition) is 0. The van der Waals surface area contributed by atoms with Crippen molar-refractivity contribution in [3.63, 3.8) is 0 Å². The summed E-state index contributed by atoms with van der Waals surface area (Å²) in [5, 5.41) is 1.04. The van der Waals surface area contributed by atoms with E-state index in [1.165, 1.54) is 12.8 Å². The van der Waals surface area contributed by atoms with Crippen molar-refractivity contribution in [2.45, 2.75) is 97.2 Å². The lowest BCUT2D eigenvalue weighted by molar-refractivity contribution is -0.144. The Morgan fingerprint density at radius 1 is 0.828 bits per heavy atom. The van der Waals surface area contributed by atoms with Gasteiger partial charge in [0, 0.05) is 24.6 Å². The van der Waals surface area contributed by atoms with E-state index in [-0.39, 0.29) is 12.3 Å². The molecule has 0 atom stereocenters. The highest BCUT2D eigenvalue weighted by Crippen LogP contribution is 2.10. The summed E-state index contributed by atoms with van der Waals surface area (Å²) >= 11 is 3.42. The van der Waals surface area contributed by atoms with Crippen molar-refractivity contribution in [2.75, 3.05) is 25.2 Å². The molecule has 0 radical (unpaired) electrons. The zero-order valence-corrected chi connectivity index (χ0v) is 20.0. The lowest BCUT2D eigenvalue weighted by Crippen LogP contribution is -2.18. The molecule has 0 heterocycles. The molecule has 0 rings (SSSR count). The van der Waals surface area contributed by atoms with Crippen LogP contribution in [-0.4, -0.2) is 37.4 Å². The summed E-state index contributed by atoms with van der Waals surface area (Å²) in [6.07, 6.45) is 10.7.